The molecule has 9 nitrogen and oxygen atoms in total. The average Bonchev–Trinajstić information content (AvgIpc) is 3.15. The number of hydrogen-bond acceptors (Lipinski definition) is 7. The fourth-order valence-corrected chi connectivity index (χ4v) is 3.93. The van der Waals surface area contributed by atoms with Crippen LogP contribution in [-0.2, 0) is 14.3 Å². The molecule has 3 aromatic carbocycles. The van der Waals surface area contributed by atoms with Gasteiger partial charge in [-0.2, -0.15) is 0 Å². The second-order valence-corrected chi connectivity index (χ2v) is 8.56. The van der Waals surface area contributed by atoms with Crippen LogP contribution in [0.15, 0.2) is 83.5 Å². The molecule has 0 aromatic heterocycles. The minimum absolute atomic E-state index is 0.155. The fourth-order valence-electron chi connectivity index (χ4n) is 3.72. The van der Waals surface area contributed by atoms with Crippen molar-refractivity contribution in [2.45, 2.75) is 13.3 Å². The number of anilines is 3. The molecule has 1 aliphatic rings. The van der Waals surface area contributed by atoms with E-state index in [1.54, 1.807) is 48.5 Å². The van der Waals surface area contributed by atoms with E-state index in [1.807, 2.05) is 6.92 Å². The molecule has 0 saturated heterocycles. The number of rotatable bonds is 9. The van der Waals surface area contributed by atoms with E-state index in [2.05, 4.69) is 10.6 Å². The lowest BCUT2D eigenvalue weighted by molar-refractivity contribution is -0.120. The molecule has 2 N–H and O–H groups in total. The predicted octanol–water partition coefficient (Wildman–Crippen LogP) is 4.95. The molecule has 1 heterocycles. The van der Waals surface area contributed by atoms with Crippen LogP contribution in [0.2, 0.25) is 0 Å². The molecule has 0 fully saturated rings. The third-order valence-corrected chi connectivity index (χ3v) is 5.90. The average molecular weight is 534 g/mol. The van der Waals surface area contributed by atoms with Gasteiger partial charge in [-0.3, -0.25) is 14.4 Å². The van der Waals surface area contributed by atoms with E-state index in [0.29, 0.717) is 29.1 Å². The van der Waals surface area contributed by atoms with Crippen LogP contribution in [0, 0.1) is 0 Å². The normalized spacial score (nSPS) is 13.0. The van der Waals surface area contributed by atoms with E-state index in [4.69, 9.17) is 21.1 Å². The number of carbonyl (C=O) groups excluding carboxylic acids is 4. The molecule has 0 radical (unpaired) electrons. The third-order valence-electron chi connectivity index (χ3n) is 5.55. The second-order valence-electron chi connectivity index (χ2n) is 8.18. The molecular formula is C28H24ClN3O6. The molecular weight excluding hydrogens is 510 g/mol. The van der Waals surface area contributed by atoms with Crippen LogP contribution in [-0.4, -0.2) is 37.4 Å². The fraction of sp³-hybridized carbons (Fsp3) is 0.143. The van der Waals surface area contributed by atoms with Crippen molar-refractivity contribution < 1.29 is 28.7 Å². The first-order chi connectivity index (χ1) is 18.3. The van der Waals surface area contributed by atoms with Crippen molar-refractivity contribution in [3.8, 4) is 5.75 Å². The number of ether oxygens (including phenoxy) is 2. The highest BCUT2D eigenvalue weighted by molar-refractivity contribution is 6.53. The molecule has 10 heteroatoms. The number of esters is 1. The number of nitrogens with zero attached hydrogens (tertiary/aromatic N) is 1. The van der Waals surface area contributed by atoms with Gasteiger partial charge in [-0.15, -0.1) is 0 Å². The Labute approximate surface area is 224 Å². The lowest BCUT2D eigenvalue weighted by Gasteiger charge is -2.16. The number of imide groups is 1. The van der Waals surface area contributed by atoms with Crippen molar-refractivity contribution >= 4 is 52.4 Å². The highest BCUT2D eigenvalue weighted by Crippen LogP contribution is 2.31. The van der Waals surface area contributed by atoms with Gasteiger partial charge in [-0.1, -0.05) is 42.8 Å². The van der Waals surface area contributed by atoms with Gasteiger partial charge in [0.25, 0.3) is 17.7 Å². The van der Waals surface area contributed by atoms with Gasteiger partial charge in [0.2, 0.25) is 0 Å². The van der Waals surface area contributed by atoms with E-state index in [9.17, 15) is 19.2 Å². The van der Waals surface area contributed by atoms with Crippen LogP contribution in [0.25, 0.3) is 0 Å². The quantitative estimate of drug-likeness (QED) is 0.295. The Morgan fingerprint density at radius 1 is 0.921 bits per heavy atom. The molecule has 0 aliphatic carbocycles. The van der Waals surface area contributed by atoms with Crippen LogP contribution < -0.4 is 20.3 Å². The summed E-state index contributed by atoms with van der Waals surface area (Å²) >= 11 is 6.25. The number of para-hydroxylation sites is 2. The standard InChI is InChI=1S/C28H24ClN3O6/c1-3-14-38-28(36)18-9-7-11-20(16-18)32-26(34)23(29)24(27(32)35)30-19-10-6-8-17(15-19)25(33)31-21-12-4-5-13-22(21)37-2/h4-13,15-16,30H,3,14H2,1-2H3,(H,31,33). The van der Waals surface area contributed by atoms with E-state index >= 15 is 0 Å². The first kappa shape index (κ1) is 26.4. The van der Waals surface area contributed by atoms with Gasteiger partial charge in [0.05, 0.1) is 30.7 Å². The molecule has 1 aliphatic heterocycles. The van der Waals surface area contributed by atoms with E-state index in [1.165, 1.54) is 31.4 Å². The zero-order valence-electron chi connectivity index (χ0n) is 20.6. The molecule has 0 atom stereocenters. The van der Waals surface area contributed by atoms with Crippen molar-refractivity contribution in [2.24, 2.45) is 0 Å². The van der Waals surface area contributed by atoms with Crippen LogP contribution in [0.3, 0.4) is 0 Å². The van der Waals surface area contributed by atoms with Crippen molar-refractivity contribution in [3.63, 3.8) is 0 Å². The molecule has 3 amide bonds. The summed E-state index contributed by atoms with van der Waals surface area (Å²) < 4.78 is 10.4. The zero-order chi connectivity index (χ0) is 27.2. The van der Waals surface area contributed by atoms with Crippen LogP contribution in [0.5, 0.6) is 5.75 Å². The zero-order valence-corrected chi connectivity index (χ0v) is 21.4. The van der Waals surface area contributed by atoms with Gasteiger partial charge in [0, 0.05) is 11.3 Å². The van der Waals surface area contributed by atoms with Crippen molar-refractivity contribution in [2.75, 3.05) is 29.3 Å². The van der Waals surface area contributed by atoms with Gasteiger partial charge in [-0.25, -0.2) is 9.69 Å². The second kappa shape index (κ2) is 11.6. The molecule has 194 valence electrons. The Bertz CT molecular complexity index is 1450. The smallest absolute Gasteiger partial charge is 0.338 e. The largest absolute Gasteiger partial charge is 0.495 e. The summed E-state index contributed by atoms with van der Waals surface area (Å²) in [5, 5.41) is 5.32. The number of carbonyl (C=O) groups is 4. The lowest BCUT2D eigenvalue weighted by Crippen LogP contribution is -2.32. The Kier molecular flexibility index (Phi) is 8.08. The summed E-state index contributed by atoms with van der Waals surface area (Å²) in [5.41, 5.74) is 1.37. The maximum atomic E-state index is 13.2. The monoisotopic (exact) mass is 533 g/mol. The van der Waals surface area contributed by atoms with E-state index < -0.39 is 23.7 Å². The molecule has 0 saturated carbocycles. The third kappa shape index (κ3) is 5.52. The van der Waals surface area contributed by atoms with Crippen LogP contribution >= 0.6 is 11.6 Å². The van der Waals surface area contributed by atoms with Crippen molar-refractivity contribution in [1.29, 1.82) is 0 Å². The summed E-state index contributed by atoms with van der Waals surface area (Å²) in [6.07, 6.45) is 0.659. The number of hydrogen-bond donors (Lipinski definition) is 2. The van der Waals surface area contributed by atoms with Gasteiger partial charge in [-0.05, 0) is 55.0 Å². The van der Waals surface area contributed by atoms with Crippen LogP contribution in [0.1, 0.15) is 34.1 Å². The molecule has 0 spiro atoms. The first-order valence-electron chi connectivity index (χ1n) is 11.7. The molecule has 4 rings (SSSR count). The minimum atomic E-state index is -0.747. The van der Waals surface area contributed by atoms with Gasteiger partial charge in [0.15, 0.2) is 0 Å². The van der Waals surface area contributed by atoms with Crippen molar-refractivity contribution in [1.82, 2.24) is 0 Å². The van der Waals surface area contributed by atoms with E-state index in [0.717, 1.165) is 4.90 Å². The maximum Gasteiger partial charge on any atom is 0.338 e. The predicted molar refractivity (Wildman–Crippen MR) is 143 cm³/mol. The maximum absolute atomic E-state index is 13.2. The summed E-state index contributed by atoms with van der Waals surface area (Å²) in [6, 6.07) is 19.3. The summed E-state index contributed by atoms with van der Waals surface area (Å²) in [4.78, 5) is 52.1. The Hall–Kier alpha value is -4.63. The van der Waals surface area contributed by atoms with Gasteiger partial charge in [0.1, 0.15) is 16.5 Å². The summed E-state index contributed by atoms with van der Waals surface area (Å²) in [6.45, 7) is 2.12. The summed E-state index contributed by atoms with van der Waals surface area (Å²) in [7, 11) is 1.50. The Balaban J connectivity index is 1.52. The highest BCUT2D eigenvalue weighted by atomic mass is 35.5. The molecule has 0 bridgehead atoms. The molecule has 38 heavy (non-hydrogen) atoms. The highest BCUT2D eigenvalue weighted by Gasteiger charge is 2.39. The number of benzene rings is 3. The number of nitrogens with one attached hydrogen (secondary N) is 2. The molecule has 0 unspecified atom stereocenters. The van der Waals surface area contributed by atoms with Gasteiger partial charge < -0.3 is 20.1 Å². The van der Waals surface area contributed by atoms with Crippen LogP contribution in [0.4, 0.5) is 17.1 Å². The first-order valence-corrected chi connectivity index (χ1v) is 12.1. The van der Waals surface area contributed by atoms with E-state index in [-0.39, 0.29) is 28.6 Å². The van der Waals surface area contributed by atoms with Gasteiger partial charge >= 0.3 is 5.97 Å². The Morgan fingerprint density at radius 2 is 1.66 bits per heavy atom. The lowest BCUT2D eigenvalue weighted by atomic mass is 10.1. The topological polar surface area (TPSA) is 114 Å². The SMILES string of the molecule is CCCOC(=O)c1cccc(N2C(=O)C(Cl)=C(Nc3cccc(C(=O)Nc4ccccc4OC)c3)C2=O)c1. The number of halogens is 1. The number of amides is 3. The minimum Gasteiger partial charge on any atom is -0.495 e. The molecule has 3 aromatic rings. The van der Waals surface area contributed by atoms with Crippen molar-refractivity contribution in [3.05, 3.63) is 94.7 Å². The Morgan fingerprint density at radius 3 is 2.42 bits per heavy atom. The number of methoxy groups -OCH3 is 1. The summed E-state index contributed by atoms with van der Waals surface area (Å²) in [5.74, 6) is -1.91.